The van der Waals surface area contributed by atoms with E-state index >= 15 is 14.4 Å². The molecule has 258 valence electrons. The smallest absolute Gasteiger partial charge is 0.336 e. The third-order valence-electron chi connectivity index (χ3n) is 10.6. The van der Waals surface area contributed by atoms with Crippen LogP contribution in [0.5, 0.6) is 0 Å². The number of aromatic nitrogens is 3. The third-order valence-corrected chi connectivity index (χ3v) is 23.4. The van der Waals surface area contributed by atoms with Crippen molar-refractivity contribution in [3.63, 3.8) is 0 Å². The molecule has 0 amide bonds. The molecule has 3 aromatic carbocycles. The first-order valence-electron chi connectivity index (χ1n) is 16.8. The van der Waals surface area contributed by atoms with Crippen LogP contribution in [0.25, 0.3) is 0 Å². The lowest BCUT2D eigenvalue weighted by molar-refractivity contribution is 0.321. The Morgan fingerprint density at radius 2 is 0.667 bits per heavy atom. The van der Waals surface area contributed by atoms with Gasteiger partial charge in [-0.3, -0.25) is 0 Å². The molecule has 0 radical (unpaired) electrons. The van der Waals surface area contributed by atoms with Gasteiger partial charge in [0.25, 0.3) is 0 Å². The monoisotopic (exact) mass is 705 g/mol. The molecule has 0 aliphatic carbocycles. The topological polar surface area (TPSA) is 93.7 Å². The Labute approximate surface area is 287 Å². The van der Waals surface area contributed by atoms with Gasteiger partial charge in [-0.2, -0.15) is 0 Å². The highest BCUT2D eigenvalue weighted by Gasteiger charge is 2.48. The lowest BCUT2D eigenvalue weighted by Crippen LogP contribution is -2.68. The molecule has 1 heterocycles. The highest BCUT2D eigenvalue weighted by atomic mass is 28.4. The number of hydrogen-bond donors (Lipinski definition) is 0. The van der Waals surface area contributed by atoms with Gasteiger partial charge in [-0.05, 0) is 54.5 Å². The first kappa shape index (κ1) is 37.4. The summed E-state index contributed by atoms with van der Waals surface area (Å²) in [6.45, 7) is 12.0. The molecule has 0 saturated heterocycles. The molecule has 9 nitrogen and oxygen atoms in total. The van der Waals surface area contributed by atoms with Crippen molar-refractivity contribution in [1.82, 2.24) is 13.7 Å². The van der Waals surface area contributed by atoms with Gasteiger partial charge >= 0.3 is 17.1 Å². The van der Waals surface area contributed by atoms with Gasteiger partial charge in [0, 0.05) is 21.3 Å². The van der Waals surface area contributed by atoms with Gasteiger partial charge in [0.15, 0.2) is 0 Å². The number of nitrogens with zero attached hydrogens (tertiary/aromatic N) is 3. The maximum absolute atomic E-state index is 15.1. The van der Waals surface area contributed by atoms with Gasteiger partial charge in [0.05, 0.1) is 17.0 Å². The van der Waals surface area contributed by atoms with Crippen LogP contribution in [0.15, 0.2) is 105 Å². The maximum atomic E-state index is 15.1. The van der Waals surface area contributed by atoms with Crippen molar-refractivity contribution in [3.05, 3.63) is 122 Å². The predicted octanol–water partition coefficient (Wildman–Crippen LogP) is 4.03. The van der Waals surface area contributed by atoms with Gasteiger partial charge in [0.2, 0.25) is 25.0 Å². The summed E-state index contributed by atoms with van der Waals surface area (Å²) in [5.74, 6) is 0. The molecular formula is C36H51N3O6Si3. The number of rotatable bonds is 15. The van der Waals surface area contributed by atoms with Crippen molar-refractivity contribution in [1.29, 1.82) is 0 Å². The first-order chi connectivity index (χ1) is 22.9. The normalized spacial score (nSPS) is 17.4. The fourth-order valence-electron chi connectivity index (χ4n) is 7.49. The minimum absolute atomic E-state index is 0.446. The van der Waals surface area contributed by atoms with E-state index in [1.54, 1.807) is 21.3 Å². The molecule has 12 heteroatoms. The average Bonchev–Trinajstić information content (AvgIpc) is 3.13. The lowest BCUT2D eigenvalue weighted by Gasteiger charge is -2.39. The van der Waals surface area contributed by atoms with Gasteiger partial charge in [0.1, 0.15) is 0 Å². The summed E-state index contributed by atoms with van der Waals surface area (Å²) < 4.78 is 23.1. The van der Waals surface area contributed by atoms with Crippen LogP contribution < -0.4 is 32.6 Å². The molecule has 1 aromatic heterocycles. The average molecular weight is 706 g/mol. The van der Waals surface area contributed by atoms with Crippen molar-refractivity contribution in [2.75, 3.05) is 21.3 Å². The van der Waals surface area contributed by atoms with Crippen molar-refractivity contribution < 1.29 is 13.3 Å². The molecule has 0 aliphatic heterocycles. The fourth-order valence-corrected chi connectivity index (χ4v) is 17.2. The van der Waals surface area contributed by atoms with E-state index in [0.29, 0.717) is 19.3 Å². The summed E-state index contributed by atoms with van der Waals surface area (Å²) in [5, 5.41) is 2.86. The van der Waals surface area contributed by atoms with Crippen molar-refractivity contribution >= 4 is 40.5 Å². The third kappa shape index (κ3) is 6.37. The molecule has 0 aliphatic rings. The zero-order chi connectivity index (χ0) is 35.3. The van der Waals surface area contributed by atoms with E-state index in [1.807, 2.05) is 131 Å². The molecule has 0 spiro atoms. The Hall–Kier alpha value is -3.40. The molecule has 0 bridgehead atoms. The van der Waals surface area contributed by atoms with E-state index < -0.39 is 59.0 Å². The Kier molecular flexibility index (Phi) is 12.0. The molecule has 0 fully saturated rings. The van der Waals surface area contributed by atoms with Crippen LogP contribution >= 0.6 is 0 Å². The SMILES string of the molecule is CCC(n1c(=O)n(C(CC)[Si](C)(OC)c2ccccc2)c(=O)n(C(CC)[Si](C)(OC)c2ccccc2)c1=O)[Si](C)(OC)c1ccccc1. The summed E-state index contributed by atoms with van der Waals surface area (Å²) in [6.07, 6.45) is 1.34. The quantitative estimate of drug-likeness (QED) is 0.174. The van der Waals surface area contributed by atoms with E-state index in [1.165, 1.54) is 13.7 Å². The van der Waals surface area contributed by atoms with Gasteiger partial charge in [-0.25, -0.2) is 28.1 Å². The minimum atomic E-state index is -3.03. The van der Waals surface area contributed by atoms with Crippen molar-refractivity contribution in [3.8, 4) is 0 Å². The zero-order valence-corrected chi connectivity index (χ0v) is 32.8. The summed E-state index contributed by atoms with van der Waals surface area (Å²) in [5.41, 5.74) is -3.73. The van der Waals surface area contributed by atoms with Crippen LogP contribution in [0.1, 0.15) is 57.0 Å². The van der Waals surface area contributed by atoms with E-state index in [0.717, 1.165) is 15.6 Å². The van der Waals surface area contributed by atoms with Crippen LogP contribution in [-0.2, 0) is 13.3 Å². The highest BCUT2D eigenvalue weighted by molar-refractivity contribution is 6.87. The van der Waals surface area contributed by atoms with E-state index in [-0.39, 0.29) is 0 Å². The molecule has 0 saturated carbocycles. The van der Waals surface area contributed by atoms with E-state index in [2.05, 4.69) is 0 Å². The molecule has 4 aromatic rings. The Bertz CT molecular complexity index is 1590. The van der Waals surface area contributed by atoms with Crippen LogP contribution in [0, 0.1) is 0 Å². The molecular weight excluding hydrogens is 655 g/mol. The summed E-state index contributed by atoms with van der Waals surface area (Å²) in [6, 6.07) is 29.4. The molecule has 48 heavy (non-hydrogen) atoms. The van der Waals surface area contributed by atoms with E-state index in [4.69, 9.17) is 13.3 Å². The Balaban J connectivity index is 2.19. The zero-order valence-electron chi connectivity index (χ0n) is 29.8. The minimum Gasteiger partial charge on any atom is -0.414 e. The van der Waals surface area contributed by atoms with Crippen molar-refractivity contribution in [2.45, 2.75) is 76.7 Å². The van der Waals surface area contributed by atoms with Crippen molar-refractivity contribution in [2.24, 2.45) is 0 Å². The van der Waals surface area contributed by atoms with Gasteiger partial charge in [-0.15, -0.1) is 0 Å². The molecule has 6 atom stereocenters. The Morgan fingerprint density at radius 3 is 0.833 bits per heavy atom. The largest absolute Gasteiger partial charge is 0.414 e. The second-order valence-corrected chi connectivity index (χ2v) is 24.4. The summed E-state index contributed by atoms with van der Waals surface area (Å²) >= 11 is 0. The summed E-state index contributed by atoms with van der Waals surface area (Å²) in [7, 11) is -4.12. The first-order valence-corrected chi connectivity index (χ1v) is 24.2. The van der Waals surface area contributed by atoms with Crippen LogP contribution in [0.3, 0.4) is 0 Å². The van der Waals surface area contributed by atoms with Crippen LogP contribution in [0.2, 0.25) is 19.6 Å². The van der Waals surface area contributed by atoms with Gasteiger partial charge < -0.3 is 13.3 Å². The number of hydrogen-bond acceptors (Lipinski definition) is 6. The molecule has 6 unspecified atom stereocenters. The van der Waals surface area contributed by atoms with E-state index in [9.17, 15) is 0 Å². The summed E-state index contributed by atoms with van der Waals surface area (Å²) in [4.78, 5) is 45.2. The van der Waals surface area contributed by atoms with Crippen LogP contribution in [-0.4, -0.2) is 60.0 Å². The van der Waals surface area contributed by atoms with Gasteiger partial charge in [-0.1, -0.05) is 112 Å². The fraction of sp³-hybridized carbons (Fsp3) is 0.417. The maximum Gasteiger partial charge on any atom is 0.336 e. The highest BCUT2D eigenvalue weighted by Crippen LogP contribution is 2.28. The predicted molar refractivity (Wildman–Crippen MR) is 201 cm³/mol. The second kappa shape index (κ2) is 15.4. The van der Waals surface area contributed by atoms with Crippen LogP contribution in [0.4, 0.5) is 0 Å². The second-order valence-electron chi connectivity index (χ2n) is 12.8. The molecule has 0 N–H and O–H groups in total. The lowest BCUT2D eigenvalue weighted by atomic mass is 10.4. The molecule has 4 rings (SSSR count). The number of benzene rings is 3. The standard InChI is InChI=1S/C36H51N3O6Si3/c1-10-31(46(7,43-4)28-22-16-13-17-23-28)37-34(40)38(32(11-2)47(8,44-5)29-24-18-14-19-25-29)36(42)39(35(37)41)33(12-3)48(9,45-6)30-26-20-15-21-27-30/h13-27,31-33H,10-12H2,1-9H3. The Morgan fingerprint density at radius 1 is 0.458 bits per heavy atom.